The lowest BCUT2D eigenvalue weighted by Crippen LogP contribution is -2.39. The van der Waals surface area contributed by atoms with E-state index < -0.39 is 5.97 Å². The number of unbranched alkanes of at least 4 members (excludes halogenated alkanes) is 2. The molecule has 1 rings (SSSR count). The van der Waals surface area contributed by atoms with Crippen molar-refractivity contribution < 1.29 is 14.7 Å². The standard InChI is InChI=1S/C13H24N2O3S/c16-12(17)4-2-1-3-7-14-13(18)15-10-11-5-8-19-9-6-11/h11H,1-10H2,(H,16,17)(H2,14,15,18). The Kier molecular flexibility index (Phi) is 8.45. The molecule has 0 bridgehead atoms. The number of rotatable bonds is 8. The maximum atomic E-state index is 11.5. The summed E-state index contributed by atoms with van der Waals surface area (Å²) >= 11 is 1.99. The van der Waals surface area contributed by atoms with Gasteiger partial charge in [0.2, 0.25) is 0 Å². The first-order chi connectivity index (χ1) is 9.18. The minimum Gasteiger partial charge on any atom is -0.481 e. The molecule has 110 valence electrons. The summed E-state index contributed by atoms with van der Waals surface area (Å²) in [5.74, 6) is 2.29. The summed E-state index contributed by atoms with van der Waals surface area (Å²) in [5.41, 5.74) is 0. The average Bonchev–Trinajstić information content (AvgIpc) is 2.41. The highest BCUT2D eigenvalue weighted by Gasteiger charge is 2.14. The molecule has 0 aliphatic carbocycles. The third-order valence-electron chi connectivity index (χ3n) is 3.25. The van der Waals surface area contributed by atoms with Gasteiger partial charge in [-0.25, -0.2) is 4.79 Å². The van der Waals surface area contributed by atoms with Crippen LogP contribution in [0.1, 0.15) is 38.5 Å². The largest absolute Gasteiger partial charge is 0.481 e. The maximum absolute atomic E-state index is 11.5. The highest BCUT2D eigenvalue weighted by atomic mass is 32.2. The number of amides is 2. The van der Waals surface area contributed by atoms with Crippen LogP contribution in [0.15, 0.2) is 0 Å². The van der Waals surface area contributed by atoms with E-state index in [9.17, 15) is 9.59 Å². The third-order valence-corrected chi connectivity index (χ3v) is 4.29. The zero-order valence-corrected chi connectivity index (χ0v) is 12.1. The Bertz CT molecular complexity index is 281. The van der Waals surface area contributed by atoms with Gasteiger partial charge in [-0.15, -0.1) is 0 Å². The highest BCUT2D eigenvalue weighted by molar-refractivity contribution is 7.99. The van der Waals surface area contributed by atoms with Crippen LogP contribution in [0.2, 0.25) is 0 Å². The SMILES string of the molecule is O=C(O)CCCCCNC(=O)NCC1CCSCC1. The van der Waals surface area contributed by atoms with Gasteiger partial charge in [-0.3, -0.25) is 4.79 Å². The number of urea groups is 1. The van der Waals surface area contributed by atoms with Gasteiger partial charge >= 0.3 is 12.0 Å². The molecular weight excluding hydrogens is 264 g/mol. The quantitative estimate of drug-likeness (QED) is 0.597. The van der Waals surface area contributed by atoms with Crippen LogP contribution in [0.3, 0.4) is 0 Å². The second kappa shape index (κ2) is 9.95. The van der Waals surface area contributed by atoms with Crippen molar-refractivity contribution in [3.05, 3.63) is 0 Å². The predicted octanol–water partition coefficient (Wildman–Crippen LogP) is 2.07. The normalized spacial score (nSPS) is 16.0. The molecule has 6 heteroatoms. The van der Waals surface area contributed by atoms with Crippen LogP contribution in [-0.4, -0.2) is 41.7 Å². The van der Waals surface area contributed by atoms with Crippen molar-refractivity contribution >= 4 is 23.8 Å². The van der Waals surface area contributed by atoms with Gasteiger partial charge in [-0.1, -0.05) is 6.42 Å². The molecule has 1 saturated heterocycles. The fraction of sp³-hybridized carbons (Fsp3) is 0.846. The molecule has 0 aromatic carbocycles. The number of carbonyl (C=O) groups is 2. The van der Waals surface area contributed by atoms with E-state index in [0.717, 1.165) is 19.4 Å². The lowest BCUT2D eigenvalue weighted by molar-refractivity contribution is -0.137. The monoisotopic (exact) mass is 288 g/mol. The lowest BCUT2D eigenvalue weighted by Gasteiger charge is -2.21. The van der Waals surface area contributed by atoms with Gasteiger partial charge in [-0.05, 0) is 43.1 Å². The van der Waals surface area contributed by atoms with E-state index >= 15 is 0 Å². The number of hydrogen-bond donors (Lipinski definition) is 3. The first-order valence-corrected chi connectivity index (χ1v) is 8.15. The fourth-order valence-electron chi connectivity index (χ4n) is 2.03. The molecule has 0 atom stereocenters. The van der Waals surface area contributed by atoms with Crippen molar-refractivity contribution in [2.24, 2.45) is 5.92 Å². The van der Waals surface area contributed by atoms with Crippen molar-refractivity contribution in [3.8, 4) is 0 Å². The molecule has 0 saturated carbocycles. The summed E-state index contributed by atoms with van der Waals surface area (Å²) in [4.78, 5) is 21.8. The van der Waals surface area contributed by atoms with Gasteiger partial charge in [0.05, 0.1) is 0 Å². The Hall–Kier alpha value is -0.910. The Morgan fingerprint density at radius 1 is 1.11 bits per heavy atom. The Morgan fingerprint density at radius 3 is 2.53 bits per heavy atom. The zero-order valence-electron chi connectivity index (χ0n) is 11.3. The summed E-state index contributed by atoms with van der Waals surface area (Å²) in [6.45, 7) is 1.39. The first kappa shape index (κ1) is 16.1. The van der Waals surface area contributed by atoms with Crippen LogP contribution in [-0.2, 0) is 4.79 Å². The minimum absolute atomic E-state index is 0.100. The van der Waals surface area contributed by atoms with E-state index in [2.05, 4.69) is 10.6 Å². The average molecular weight is 288 g/mol. The third kappa shape index (κ3) is 8.75. The molecule has 1 fully saturated rings. The van der Waals surface area contributed by atoms with E-state index in [1.165, 1.54) is 24.3 Å². The van der Waals surface area contributed by atoms with Gasteiger partial charge in [0.15, 0.2) is 0 Å². The summed E-state index contributed by atoms with van der Waals surface area (Å²) in [6.07, 6.45) is 4.96. The van der Waals surface area contributed by atoms with Crippen LogP contribution < -0.4 is 10.6 Å². The Morgan fingerprint density at radius 2 is 1.84 bits per heavy atom. The number of carbonyl (C=O) groups excluding carboxylic acids is 1. The zero-order chi connectivity index (χ0) is 13.9. The van der Waals surface area contributed by atoms with Crippen LogP contribution in [0.5, 0.6) is 0 Å². The summed E-state index contributed by atoms with van der Waals surface area (Å²) in [5, 5.41) is 14.2. The van der Waals surface area contributed by atoms with Crippen molar-refractivity contribution in [2.45, 2.75) is 38.5 Å². The van der Waals surface area contributed by atoms with Gasteiger partial charge < -0.3 is 15.7 Å². The van der Waals surface area contributed by atoms with Crippen LogP contribution in [0, 0.1) is 5.92 Å². The van der Waals surface area contributed by atoms with Gasteiger partial charge in [0, 0.05) is 19.5 Å². The Labute approximate surface area is 118 Å². The molecule has 0 spiro atoms. The van der Waals surface area contributed by atoms with E-state index in [4.69, 9.17) is 5.11 Å². The highest BCUT2D eigenvalue weighted by Crippen LogP contribution is 2.21. The van der Waals surface area contributed by atoms with Gasteiger partial charge in [-0.2, -0.15) is 11.8 Å². The minimum atomic E-state index is -0.753. The van der Waals surface area contributed by atoms with Crippen molar-refractivity contribution in [1.82, 2.24) is 10.6 Å². The molecule has 0 unspecified atom stereocenters. The van der Waals surface area contributed by atoms with Crippen LogP contribution in [0.4, 0.5) is 4.79 Å². The molecule has 1 heterocycles. The molecule has 3 N–H and O–H groups in total. The van der Waals surface area contributed by atoms with E-state index in [-0.39, 0.29) is 12.5 Å². The van der Waals surface area contributed by atoms with Gasteiger partial charge in [0.1, 0.15) is 0 Å². The van der Waals surface area contributed by atoms with E-state index in [0.29, 0.717) is 18.9 Å². The summed E-state index contributed by atoms with van der Waals surface area (Å²) in [6, 6.07) is -0.100. The molecule has 0 aromatic heterocycles. The number of nitrogens with one attached hydrogen (secondary N) is 2. The molecule has 0 aromatic rings. The second-order valence-electron chi connectivity index (χ2n) is 4.90. The first-order valence-electron chi connectivity index (χ1n) is 6.99. The molecular formula is C13H24N2O3S. The smallest absolute Gasteiger partial charge is 0.314 e. The fourth-order valence-corrected chi connectivity index (χ4v) is 3.23. The number of carboxylic acids is 1. The number of thioether (sulfide) groups is 1. The molecule has 0 radical (unpaired) electrons. The molecule has 19 heavy (non-hydrogen) atoms. The van der Waals surface area contributed by atoms with E-state index in [1.807, 2.05) is 11.8 Å². The summed E-state index contributed by atoms with van der Waals surface area (Å²) < 4.78 is 0. The predicted molar refractivity (Wildman–Crippen MR) is 77.6 cm³/mol. The number of aliphatic carboxylic acids is 1. The second-order valence-corrected chi connectivity index (χ2v) is 6.12. The topological polar surface area (TPSA) is 78.4 Å². The summed E-state index contributed by atoms with van der Waals surface area (Å²) in [7, 11) is 0. The Balaban J connectivity index is 1.91. The molecule has 1 aliphatic rings. The lowest BCUT2D eigenvalue weighted by atomic mass is 10.0. The van der Waals surface area contributed by atoms with Crippen molar-refractivity contribution in [1.29, 1.82) is 0 Å². The van der Waals surface area contributed by atoms with Crippen molar-refractivity contribution in [3.63, 3.8) is 0 Å². The van der Waals surface area contributed by atoms with Crippen LogP contribution >= 0.6 is 11.8 Å². The van der Waals surface area contributed by atoms with Gasteiger partial charge in [0.25, 0.3) is 0 Å². The molecule has 1 aliphatic heterocycles. The number of hydrogen-bond acceptors (Lipinski definition) is 3. The van der Waals surface area contributed by atoms with Crippen molar-refractivity contribution in [2.75, 3.05) is 24.6 Å². The number of carboxylic acid groups (broad SMARTS) is 1. The molecule has 5 nitrogen and oxygen atoms in total. The molecule has 2 amide bonds. The maximum Gasteiger partial charge on any atom is 0.314 e. The van der Waals surface area contributed by atoms with E-state index in [1.54, 1.807) is 0 Å². The van der Waals surface area contributed by atoms with Crippen LogP contribution in [0.25, 0.3) is 0 Å².